The molecule has 1 aliphatic rings. The van der Waals surface area contributed by atoms with Gasteiger partial charge in [0.1, 0.15) is 11.4 Å². The lowest BCUT2D eigenvalue weighted by Crippen LogP contribution is -2.29. The molecule has 0 saturated heterocycles. The lowest BCUT2D eigenvalue weighted by atomic mass is 9.78. The largest absolute Gasteiger partial charge is 0.482 e. The van der Waals surface area contributed by atoms with E-state index in [-0.39, 0.29) is 17.6 Å². The molecule has 34 heavy (non-hydrogen) atoms. The molecule has 0 radical (unpaired) electrons. The molecule has 190 valence electrons. The van der Waals surface area contributed by atoms with E-state index < -0.39 is 5.09 Å². The van der Waals surface area contributed by atoms with Crippen LogP contribution in [0.5, 0.6) is 5.75 Å². The van der Waals surface area contributed by atoms with E-state index in [1.165, 1.54) is 16.7 Å². The van der Waals surface area contributed by atoms with Crippen molar-refractivity contribution in [2.45, 2.75) is 70.8 Å². The van der Waals surface area contributed by atoms with Crippen molar-refractivity contribution < 1.29 is 24.5 Å². The summed E-state index contributed by atoms with van der Waals surface area (Å²) in [5.41, 5.74) is 4.60. The van der Waals surface area contributed by atoms with Gasteiger partial charge in [0, 0.05) is 32.5 Å². The predicted molar refractivity (Wildman–Crippen MR) is 136 cm³/mol. The average molecular weight is 476 g/mol. The highest BCUT2D eigenvalue weighted by molar-refractivity contribution is 5.77. The summed E-state index contributed by atoms with van der Waals surface area (Å²) >= 11 is 0. The van der Waals surface area contributed by atoms with Crippen molar-refractivity contribution in [3.05, 3.63) is 63.7 Å². The SMILES string of the molecule is CC(C)(CCCCCCO[N+](=O)[O-])c1ccc2c(c1)OC(C)(C)c1ccccc1-2.CO.COC. The van der Waals surface area contributed by atoms with E-state index in [2.05, 4.69) is 79.7 Å². The Kier molecular flexibility index (Phi) is 12.0. The normalized spacial score (nSPS) is 13.1. The standard InChI is InChI=1S/C24H31NO4.C2H6O.CH4O/c1-23(2,15-9-5-6-10-16-28-25(26)27)18-13-14-20-19-11-7-8-12-21(19)24(3,4)29-22(20)17-18;1-3-2;1-2/h7-8,11-14,17H,5-6,9-10,15-16H2,1-4H3;1-2H3;2H,1H3. The molecule has 0 unspecified atom stereocenters. The van der Waals surface area contributed by atoms with Crippen LogP contribution in [0.1, 0.15) is 70.9 Å². The molecule has 0 saturated carbocycles. The third kappa shape index (κ3) is 8.29. The number of aliphatic hydroxyl groups excluding tert-OH is 1. The second kappa shape index (κ2) is 13.9. The Bertz CT molecular complexity index is 894. The van der Waals surface area contributed by atoms with Crippen LogP contribution < -0.4 is 4.74 Å². The Balaban J connectivity index is 0.00000107. The molecule has 0 fully saturated rings. The van der Waals surface area contributed by atoms with E-state index in [1.807, 2.05) is 0 Å². The van der Waals surface area contributed by atoms with Crippen molar-refractivity contribution >= 4 is 0 Å². The van der Waals surface area contributed by atoms with Crippen molar-refractivity contribution in [2.24, 2.45) is 0 Å². The van der Waals surface area contributed by atoms with Gasteiger partial charge in [-0.05, 0) is 49.3 Å². The number of benzene rings is 2. The van der Waals surface area contributed by atoms with Gasteiger partial charge in [-0.3, -0.25) is 0 Å². The number of methoxy groups -OCH3 is 1. The maximum absolute atomic E-state index is 10.2. The Morgan fingerprint density at radius 3 is 2.26 bits per heavy atom. The molecule has 7 heteroatoms. The fraction of sp³-hybridized carbons (Fsp3) is 0.556. The van der Waals surface area contributed by atoms with Crippen LogP contribution in [-0.4, -0.2) is 38.1 Å². The van der Waals surface area contributed by atoms with Crippen LogP contribution in [0.15, 0.2) is 42.5 Å². The summed E-state index contributed by atoms with van der Waals surface area (Å²) < 4.78 is 10.7. The van der Waals surface area contributed by atoms with Crippen LogP contribution in [0.4, 0.5) is 0 Å². The van der Waals surface area contributed by atoms with Gasteiger partial charge in [0.05, 0.1) is 6.61 Å². The van der Waals surface area contributed by atoms with Crippen LogP contribution in [0.25, 0.3) is 11.1 Å². The summed E-state index contributed by atoms with van der Waals surface area (Å²) in [6.45, 7) is 8.97. The van der Waals surface area contributed by atoms with Gasteiger partial charge in [0.2, 0.25) is 0 Å². The fourth-order valence-electron chi connectivity index (χ4n) is 4.13. The summed E-state index contributed by atoms with van der Waals surface area (Å²) in [5, 5.41) is 16.4. The monoisotopic (exact) mass is 475 g/mol. The third-order valence-electron chi connectivity index (χ3n) is 5.89. The molecule has 0 bridgehead atoms. The van der Waals surface area contributed by atoms with Crippen molar-refractivity contribution in [3.63, 3.8) is 0 Å². The zero-order valence-electron chi connectivity index (χ0n) is 21.7. The van der Waals surface area contributed by atoms with Crippen LogP contribution >= 0.6 is 0 Å². The summed E-state index contributed by atoms with van der Waals surface area (Å²) in [4.78, 5) is 14.5. The second-order valence-corrected chi connectivity index (χ2v) is 9.38. The van der Waals surface area contributed by atoms with E-state index in [0.29, 0.717) is 0 Å². The quantitative estimate of drug-likeness (QED) is 0.260. The minimum absolute atomic E-state index is 0.0385. The molecule has 0 aromatic heterocycles. The van der Waals surface area contributed by atoms with E-state index in [1.54, 1.807) is 14.2 Å². The summed E-state index contributed by atoms with van der Waals surface area (Å²) in [6, 6.07) is 15.1. The number of fused-ring (bicyclic) bond motifs is 3. The van der Waals surface area contributed by atoms with Gasteiger partial charge < -0.3 is 19.4 Å². The molecule has 0 atom stereocenters. The Morgan fingerprint density at radius 2 is 1.62 bits per heavy atom. The first kappa shape index (κ1) is 29.4. The van der Waals surface area contributed by atoms with Crippen LogP contribution in [0.2, 0.25) is 0 Å². The van der Waals surface area contributed by atoms with Gasteiger partial charge in [-0.25, -0.2) is 0 Å². The first-order valence-electron chi connectivity index (χ1n) is 11.7. The van der Waals surface area contributed by atoms with Gasteiger partial charge >= 0.3 is 0 Å². The number of unbranched alkanes of at least 4 members (excludes halogenated alkanes) is 3. The molecule has 1 heterocycles. The second-order valence-electron chi connectivity index (χ2n) is 9.38. The van der Waals surface area contributed by atoms with Gasteiger partial charge in [0.15, 0.2) is 0 Å². The minimum atomic E-state index is -0.721. The molecular formula is C27H41NO6. The molecule has 3 rings (SSSR count). The summed E-state index contributed by atoms with van der Waals surface area (Å²) in [5.74, 6) is 0.955. The van der Waals surface area contributed by atoms with Gasteiger partial charge in [0.25, 0.3) is 5.09 Å². The molecule has 0 spiro atoms. The number of rotatable bonds is 9. The van der Waals surface area contributed by atoms with E-state index in [0.717, 1.165) is 50.5 Å². The number of nitrogens with zero attached hydrogens (tertiary/aromatic N) is 1. The molecular weight excluding hydrogens is 434 g/mol. The topological polar surface area (TPSA) is 91.1 Å². The molecule has 0 amide bonds. The maximum Gasteiger partial charge on any atom is 0.294 e. The lowest BCUT2D eigenvalue weighted by molar-refractivity contribution is -0.757. The Hall–Kier alpha value is -2.64. The van der Waals surface area contributed by atoms with Gasteiger partial charge in [-0.1, -0.05) is 69.5 Å². The zero-order valence-corrected chi connectivity index (χ0v) is 21.7. The van der Waals surface area contributed by atoms with E-state index >= 15 is 0 Å². The molecule has 7 nitrogen and oxygen atoms in total. The molecule has 2 aromatic rings. The number of aliphatic hydroxyl groups is 1. The van der Waals surface area contributed by atoms with Crippen molar-refractivity contribution in [2.75, 3.05) is 27.9 Å². The number of hydrogen-bond donors (Lipinski definition) is 1. The first-order valence-corrected chi connectivity index (χ1v) is 11.7. The van der Waals surface area contributed by atoms with Crippen molar-refractivity contribution in [3.8, 4) is 16.9 Å². The summed E-state index contributed by atoms with van der Waals surface area (Å²) in [6.07, 6.45) is 4.86. The Morgan fingerprint density at radius 1 is 1.00 bits per heavy atom. The molecule has 1 N–H and O–H groups in total. The third-order valence-corrected chi connectivity index (χ3v) is 5.89. The van der Waals surface area contributed by atoms with E-state index in [9.17, 15) is 10.1 Å². The number of ether oxygens (including phenoxy) is 2. The summed E-state index contributed by atoms with van der Waals surface area (Å²) in [7, 11) is 4.25. The van der Waals surface area contributed by atoms with Crippen molar-refractivity contribution in [1.29, 1.82) is 0 Å². The van der Waals surface area contributed by atoms with Crippen molar-refractivity contribution in [1.82, 2.24) is 0 Å². The highest BCUT2D eigenvalue weighted by Gasteiger charge is 2.33. The smallest absolute Gasteiger partial charge is 0.294 e. The predicted octanol–water partition coefficient (Wildman–Crippen LogP) is 6.29. The molecule has 2 aromatic carbocycles. The lowest BCUT2D eigenvalue weighted by Gasteiger charge is -2.36. The van der Waals surface area contributed by atoms with Crippen LogP contribution in [-0.2, 0) is 20.6 Å². The highest BCUT2D eigenvalue weighted by atomic mass is 16.9. The molecule has 0 aliphatic carbocycles. The van der Waals surface area contributed by atoms with Gasteiger partial charge in [-0.15, -0.1) is 10.1 Å². The van der Waals surface area contributed by atoms with E-state index in [4.69, 9.17) is 9.84 Å². The van der Waals surface area contributed by atoms with Crippen LogP contribution in [0, 0.1) is 10.1 Å². The average Bonchev–Trinajstić information content (AvgIpc) is 2.79. The van der Waals surface area contributed by atoms with Gasteiger partial charge in [-0.2, -0.15) is 0 Å². The Labute approximate surface area is 204 Å². The highest BCUT2D eigenvalue weighted by Crippen LogP contribution is 2.46. The number of hydrogen-bond acceptors (Lipinski definition) is 6. The minimum Gasteiger partial charge on any atom is -0.482 e. The van der Waals surface area contributed by atoms with Crippen LogP contribution in [0.3, 0.4) is 0 Å². The molecule has 1 aliphatic heterocycles. The zero-order chi connectivity index (χ0) is 25.8. The maximum atomic E-state index is 10.2. The fourth-order valence-corrected chi connectivity index (χ4v) is 4.13. The first-order chi connectivity index (χ1) is 16.1.